The summed E-state index contributed by atoms with van der Waals surface area (Å²) in [6.45, 7) is 0. The molecule has 2 heterocycles. The molecule has 16 rings (SSSR count). The van der Waals surface area contributed by atoms with Crippen LogP contribution in [0.5, 0.6) is 0 Å². The Morgan fingerprint density at radius 3 is 2.06 bits per heavy atom. The molecular formula is C65H48N2O. The van der Waals surface area contributed by atoms with Gasteiger partial charge in [0.05, 0.1) is 16.7 Å². The summed E-state index contributed by atoms with van der Waals surface area (Å²) in [5.74, 6) is 3.43. The number of fused-ring (bicyclic) bond motifs is 15. The van der Waals surface area contributed by atoms with Crippen LogP contribution in [0.15, 0.2) is 211 Å². The number of furan rings is 1. The van der Waals surface area contributed by atoms with Crippen LogP contribution in [-0.2, 0) is 5.41 Å². The lowest BCUT2D eigenvalue weighted by Crippen LogP contribution is -2.50. The molecule has 3 bridgehead atoms. The minimum Gasteiger partial charge on any atom is -0.456 e. The van der Waals surface area contributed by atoms with Crippen molar-refractivity contribution in [2.24, 2.45) is 29.1 Å². The Morgan fingerprint density at radius 1 is 0.456 bits per heavy atom. The van der Waals surface area contributed by atoms with Gasteiger partial charge >= 0.3 is 0 Å². The molecule has 3 heteroatoms. The molecule has 0 N–H and O–H groups in total. The molecule has 6 atom stereocenters. The number of hydrogen-bond donors (Lipinski definition) is 0. The van der Waals surface area contributed by atoms with Crippen molar-refractivity contribution in [2.75, 3.05) is 4.90 Å². The zero-order chi connectivity index (χ0) is 44.3. The van der Waals surface area contributed by atoms with Gasteiger partial charge in [-0.25, -0.2) is 0 Å². The third-order valence-corrected chi connectivity index (χ3v) is 18.1. The van der Waals surface area contributed by atoms with Gasteiger partial charge in [-0.15, -0.1) is 0 Å². The van der Waals surface area contributed by atoms with Crippen molar-refractivity contribution < 1.29 is 4.42 Å². The van der Waals surface area contributed by atoms with Crippen molar-refractivity contribution in [3.63, 3.8) is 0 Å². The van der Waals surface area contributed by atoms with Crippen LogP contribution in [0.2, 0.25) is 0 Å². The Kier molecular flexibility index (Phi) is 7.45. The normalized spacial score (nSPS) is 23.7. The van der Waals surface area contributed by atoms with Crippen LogP contribution in [0.4, 0.5) is 17.1 Å². The summed E-state index contributed by atoms with van der Waals surface area (Å²) in [6, 6.07) is 76.7. The molecule has 68 heavy (non-hydrogen) atoms. The van der Waals surface area contributed by atoms with E-state index < -0.39 is 0 Å². The average molecular weight is 873 g/mol. The third kappa shape index (κ3) is 4.79. The molecule has 3 nitrogen and oxygen atoms in total. The number of anilines is 3. The predicted octanol–water partition coefficient (Wildman–Crippen LogP) is 17.2. The molecule has 4 saturated carbocycles. The van der Waals surface area contributed by atoms with Crippen LogP contribution in [0.3, 0.4) is 0 Å². The monoisotopic (exact) mass is 872 g/mol. The van der Waals surface area contributed by atoms with Crippen LogP contribution in [0, 0.1) is 29.1 Å². The molecule has 0 aliphatic heterocycles. The minimum atomic E-state index is 0.165. The van der Waals surface area contributed by atoms with E-state index in [1.165, 1.54) is 92.7 Å². The largest absolute Gasteiger partial charge is 0.456 e. The molecule has 6 unspecified atom stereocenters. The Bertz CT molecular complexity index is 3880. The SMILES string of the molecule is c1ccc(-c2ccc(N(c3ccc4oc5cccc(-c6ccc7c(c6)-c6ccccc6C76C7CC8CC9CC6C9(C8)C7)c5c4c3)c3cccc4c3c3ccccc3n4-c3ccccc3)cc2)cc1. The fourth-order valence-electron chi connectivity index (χ4n) is 15.8. The summed E-state index contributed by atoms with van der Waals surface area (Å²) < 4.78 is 9.21. The van der Waals surface area contributed by atoms with Crippen molar-refractivity contribution in [2.45, 2.75) is 37.5 Å². The van der Waals surface area contributed by atoms with Crippen LogP contribution in [0.1, 0.15) is 43.2 Å². The second kappa shape index (κ2) is 13.5. The Hall–Kier alpha value is -7.62. The summed E-state index contributed by atoms with van der Waals surface area (Å²) in [7, 11) is 0. The highest BCUT2D eigenvalue weighted by Crippen LogP contribution is 2.83. The number of para-hydroxylation sites is 2. The maximum Gasteiger partial charge on any atom is 0.136 e. The molecule has 4 fully saturated rings. The van der Waals surface area contributed by atoms with Crippen LogP contribution in [-0.4, -0.2) is 4.57 Å². The van der Waals surface area contributed by atoms with Gasteiger partial charge in [-0.05, 0) is 178 Å². The highest BCUT2D eigenvalue weighted by atomic mass is 16.3. The number of aromatic nitrogens is 1. The zero-order valence-electron chi connectivity index (χ0n) is 37.8. The topological polar surface area (TPSA) is 21.3 Å². The van der Waals surface area contributed by atoms with E-state index in [-0.39, 0.29) is 5.41 Å². The van der Waals surface area contributed by atoms with Gasteiger partial charge in [-0.3, -0.25) is 0 Å². The van der Waals surface area contributed by atoms with E-state index in [4.69, 9.17) is 4.42 Å². The first-order chi connectivity index (χ1) is 33.7. The average Bonchev–Trinajstić information content (AvgIpc) is 4.12. The van der Waals surface area contributed by atoms with Crippen molar-refractivity contribution >= 4 is 60.8 Å². The number of rotatable bonds is 6. The maximum atomic E-state index is 6.80. The van der Waals surface area contributed by atoms with E-state index >= 15 is 0 Å². The summed E-state index contributed by atoms with van der Waals surface area (Å²) in [5.41, 5.74) is 20.4. The molecule has 2 aromatic heterocycles. The number of benzene rings is 9. The van der Waals surface area contributed by atoms with Gasteiger partial charge in [-0.2, -0.15) is 0 Å². The van der Waals surface area contributed by atoms with Crippen LogP contribution >= 0.6 is 0 Å². The minimum absolute atomic E-state index is 0.165. The number of nitrogens with zero attached hydrogens (tertiary/aromatic N) is 2. The van der Waals surface area contributed by atoms with E-state index in [9.17, 15) is 0 Å². The molecule has 324 valence electrons. The Morgan fingerprint density at radius 2 is 1.16 bits per heavy atom. The molecule has 0 radical (unpaired) electrons. The van der Waals surface area contributed by atoms with E-state index in [0.717, 1.165) is 63.0 Å². The quantitative estimate of drug-likeness (QED) is 0.166. The first kappa shape index (κ1) is 37.5. The van der Waals surface area contributed by atoms with Crippen LogP contribution in [0.25, 0.3) is 82.8 Å². The molecule has 5 aliphatic rings. The van der Waals surface area contributed by atoms with Gasteiger partial charge in [0.2, 0.25) is 0 Å². The van der Waals surface area contributed by atoms with Crippen LogP contribution < -0.4 is 4.90 Å². The molecular weight excluding hydrogens is 825 g/mol. The maximum absolute atomic E-state index is 6.80. The standard InChI is InChI=1S/C65H48N2O/c1-3-13-41(14-4-1)42-25-28-47(29-26-42)66(57-22-12-23-58-63(57)51-18-8-10-21-56(51)67(58)46-15-5-2-6-16-46)48-30-32-59-53(37-48)62-49(19-11-24-60(62)68-59)43-27-31-55-52(35-43)50-17-7-9-20-54(50)65(55)45-34-40-33-44-36-61(65)64(44,38-40)39-45/h1-32,35,37,40,44-45,61H,33-34,36,38-39H2. The van der Waals surface area contributed by atoms with Gasteiger partial charge in [0.1, 0.15) is 11.2 Å². The Balaban J connectivity index is 0.891. The van der Waals surface area contributed by atoms with Gasteiger partial charge in [0, 0.05) is 44.0 Å². The lowest BCUT2D eigenvalue weighted by atomic mass is 9.49. The Labute approximate surface area is 395 Å². The van der Waals surface area contributed by atoms with E-state index in [0.29, 0.717) is 5.41 Å². The van der Waals surface area contributed by atoms with Crippen molar-refractivity contribution in [3.8, 4) is 39.1 Å². The van der Waals surface area contributed by atoms with Gasteiger partial charge in [0.15, 0.2) is 0 Å². The van der Waals surface area contributed by atoms with Crippen molar-refractivity contribution in [1.82, 2.24) is 4.57 Å². The summed E-state index contributed by atoms with van der Waals surface area (Å²) >= 11 is 0. The van der Waals surface area contributed by atoms with E-state index in [1.54, 1.807) is 11.1 Å². The molecule has 0 amide bonds. The fourth-order valence-corrected chi connectivity index (χ4v) is 15.8. The lowest BCUT2D eigenvalue weighted by Gasteiger charge is -2.54. The molecule has 5 aliphatic carbocycles. The second-order valence-corrected chi connectivity index (χ2v) is 20.9. The van der Waals surface area contributed by atoms with E-state index in [2.05, 4.69) is 216 Å². The third-order valence-electron chi connectivity index (χ3n) is 18.1. The zero-order valence-corrected chi connectivity index (χ0v) is 37.8. The molecule has 2 spiro atoms. The van der Waals surface area contributed by atoms with E-state index in [1.807, 2.05) is 0 Å². The van der Waals surface area contributed by atoms with Gasteiger partial charge in [-0.1, -0.05) is 133 Å². The molecule has 0 saturated heterocycles. The summed E-state index contributed by atoms with van der Waals surface area (Å²) in [6.07, 6.45) is 7.24. The molecule has 11 aromatic rings. The first-order valence-corrected chi connectivity index (χ1v) is 24.9. The van der Waals surface area contributed by atoms with Crippen molar-refractivity contribution in [1.29, 1.82) is 0 Å². The lowest BCUT2D eigenvalue weighted by molar-refractivity contribution is -0.0193. The first-order valence-electron chi connectivity index (χ1n) is 24.9. The van der Waals surface area contributed by atoms with Gasteiger partial charge in [0.25, 0.3) is 0 Å². The highest BCUT2D eigenvalue weighted by Gasteiger charge is 2.76. The highest BCUT2D eigenvalue weighted by molar-refractivity contribution is 6.18. The fraction of sp³-hybridized carbons (Fsp3) is 0.169. The predicted molar refractivity (Wildman–Crippen MR) is 279 cm³/mol. The summed E-state index contributed by atoms with van der Waals surface area (Å²) in [4.78, 5) is 2.46. The van der Waals surface area contributed by atoms with Crippen molar-refractivity contribution in [3.05, 3.63) is 217 Å². The second-order valence-electron chi connectivity index (χ2n) is 20.9. The molecule has 9 aromatic carbocycles. The number of hydrogen-bond acceptors (Lipinski definition) is 2. The smallest absolute Gasteiger partial charge is 0.136 e. The van der Waals surface area contributed by atoms with Gasteiger partial charge < -0.3 is 13.9 Å². The summed E-state index contributed by atoms with van der Waals surface area (Å²) in [5, 5.41) is 4.72.